The first kappa shape index (κ1) is 15.3. The maximum absolute atomic E-state index is 11.2. The second-order valence-electron chi connectivity index (χ2n) is 4.83. The summed E-state index contributed by atoms with van der Waals surface area (Å²) < 4.78 is 10.0. The molecular formula is C15H23NO3. The van der Waals surface area contributed by atoms with E-state index in [2.05, 4.69) is 24.7 Å². The molecule has 0 saturated carbocycles. The Kier molecular flexibility index (Phi) is 5.67. The number of benzene rings is 1. The zero-order valence-corrected chi connectivity index (χ0v) is 12.4. The maximum Gasteiger partial charge on any atom is 0.307 e. The van der Waals surface area contributed by atoms with E-state index in [1.807, 2.05) is 24.1 Å². The molecule has 0 aliphatic carbocycles. The normalized spacial score (nSPS) is 10.4. The van der Waals surface area contributed by atoms with Gasteiger partial charge in [0.25, 0.3) is 0 Å². The van der Waals surface area contributed by atoms with Gasteiger partial charge in [0, 0.05) is 19.3 Å². The Bertz CT molecular complexity index is 429. The standard InChI is InChI=1S/C15H23NO3/c1-11(2)13-10-12(6-7-14(13)18-4)16(3)9-8-15(17)19-5/h6-7,10-11H,8-9H2,1-5H3. The van der Waals surface area contributed by atoms with Crippen molar-refractivity contribution >= 4 is 11.7 Å². The van der Waals surface area contributed by atoms with Crippen LogP contribution in [0.25, 0.3) is 0 Å². The van der Waals surface area contributed by atoms with Crippen molar-refractivity contribution in [2.24, 2.45) is 0 Å². The molecule has 0 unspecified atom stereocenters. The Hall–Kier alpha value is -1.71. The van der Waals surface area contributed by atoms with E-state index < -0.39 is 0 Å². The average Bonchev–Trinajstić information content (AvgIpc) is 2.43. The zero-order valence-electron chi connectivity index (χ0n) is 12.4. The number of ether oxygens (including phenoxy) is 2. The Balaban J connectivity index is 2.83. The summed E-state index contributed by atoms with van der Waals surface area (Å²) in [5, 5.41) is 0. The van der Waals surface area contributed by atoms with E-state index >= 15 is 0 Å². The van der Waals surface area contributed by atoms with Gasteiger partial charge in [0.2, 0.25) is 0 Å². The molecule has 0 amide bonds. The van der Waals surface area contributed by atoms with Gasteiger partial charge < -0.3 is 14.4 Å². The molecule has 0 N–H and O–H groups in total. The third kappa shape index (κ3) is 4.16. The highest BCUT2D eigenvalue weighted by Gasteiger charge is 2.11. The van der Waals surface area contributed by atoms with Gasteiger partial charge in [0.1, 0.15) is 5.75 Å². The van der Waals surface area contributed by atoms with Gasteiger partial charge in [-0.3, -0.25) is 4.79 Å². The third-order valence-electron chi connectivity index (χ3n) is 3.16. The predicted octanol–water partition coefficient (Wildman–Crippen LogP) is 2.82. The van der Waals surface area contributed by atoms with Crippen LogP contribution in [0.3, 0.4) is 0 Å². The van der Waals surface area contributed by atoms with Gasteiger partial charge in [-0.2, -0.15) is 0 Å². The van der Waals surface area contributed by atoms with Crippen LogP contribution in [-0.2, 0) is 9.53 Å². The van der Waals surface area contributed by atoms with E-state index in [4.69, 9.17) is 4.74 Å². The van der Waals surface area contributed by atoms with Crippen molar-refractivity contribution in [1.29, 1.82) is 0 Å². The van der Waals surface area contributed by atoms with Crippen molar-refractivity contribution in [2.75, 3.05) is 32.7 Å². The molecule has 1 rings (SSSR count). The van der Waals surface area contributed by atoms with Crippen LogP contribution in [0.5, 0.6) is 5.75 Å². The molecule has 0 radical (unpaired) electrons. The number of rotatable bonds is 6. The Morgan fingerprint density at radius 2 is 2.00 bits per heavy atom. The summed E-state index contributed by atoms with van der Waals surface area (Å²) >= 11 is 0. The summed E-state index contributed by atoms with van der Waals surface area (Å²) in [5.41, 5.74) is 2.25. The minimum Gasteiger partial charge on any atom is -0.496 e. The highest BCUT2D eigenvalue weighted by molar-refractivity contribution is 5.70. The molecule has 0 fully saturated rings. The van der Waals surface area contributed by atoms with Crippen molar-refractivity contribution in [3.05, 3.63) is 23.8 Å². The smallest absolute Gasteiger partial charge is 0.307 e. The molecule has 0 atom stereocenters. The number of nitrogens with zero attached hydrogens (tertiary/aromatic N) is 1. The maximum atomic E-state index is 11.2. The Morgan fingerprint density at radius 3 is 2.53 bits per heavy atom. The monoisotopic (exact) mass is 265 g/mol. The quantitative estimate of drug-likeness (QED) is 0.741. The van der Waals surface area contributed by atoms with Crippen molar-refractivity contribution in [1.82, 2.24) is 0 Å². The van der Waals surface area contributed by atoms with Crippen LogP contribution in [0.1, 0.15) is 31.7 Å². The molecule has 0 saturated heterocycles. The number of carbonyl (C=O) groups excluding carboxylic acids is 1. The average molecular weight is 265 g/mol. The number of hydrogen-bond acceptors (Lipinski definition) is 4. The predicted molar refractivity (Wildman–Crippen MR) is 77.0 cm³/mol. The SMILES string of the molecule is COC(=O)CCN(C)c1ccc(OC)c(C(C)C)c1. The highest BCUT2D eigenvalue weighted by atomic mass is 16.5. The van der Waals surface area contributed by atoms with Gasteiger partial charge in [-0.15, -0.1) is 0 Å². The minimum atomic E-state index is -0.190. The first-order valence-electron chi connectivity index (χ1n) is 6.45. The van der Waals surface area contributed by atoms with E-state index in [1.54, 1.807) is 7.11 Å². The van der Waals surface area contributed by atoms with Gasteiger partial charge in [-0.05, 0) is 29.7 Å². The summed E-state index contributed by atoms with van der Waals surface area (Å²) in [6.45, 7) is 4.91. The van der Waals surface area contributed by atoms with E-state index in [0.717, 1.165) is 11.4 Å². The molecule has 1 aromatic rings. The van der Waals surface area contributed by atoms with E-state index in [9.17, 15) is 4.79 Å². The number of carbonyl (C=O) groups is 1. The molecule has 106 valence electrons. The summed E-state index contributed by atoms with van der Waals surface area (Å²) in [4.78, 5) is 13.2. The fourth-order valence-electron chi connectivity index (χ4n) is 1.90. The van der Waals surface area contributed by atoms with Gasteiger partial charge in [0.15, 0.2) is 0 Å². The summed E-state index contributed by atoms with van der Waals surface area (Å²) in [5.74, 6) is 1.11. The van der Waals surface area contributed by atoms with Crippen LogP contribution in [0.4, 0.5) is 5.69 Å². The van der Waals surface area contributed by atoms with Gasteiger partial charge >= 0.3 is 5.97 Å². The Morgan fingerprint density at radius 1 is 1.32 bits per heavy atom. The Labute approximate surface area is 115 Å². The van der Waals surface area contributed by atoms with Crippen LogP contribution in [0.15, 0.2) is 18.2 Å². The molecule has 0 aromatic heterocycles. The molecule has 0 aliphatic heterocycles. The number of methoxy groups -OCH3 is 2. The molecule has 1 aromatic carbocycles. The summed E-state index contributed by atoms with van der Waals surface area (Å²) in [6.07, 6.45) is 0.385. The molecule has 0 aliphatic rings. The van der Waals surface area contributed by atoms with Gasteiger partial charge in [-0.25, -0.2) is 0 Å². The lowest BCUT2D eigenvalue weighted by molar-refractivity contribution is -0.140. The topological polar surface area (TPSA) is 38.8 Å². The van der Waals surface area contributed by atoms with E-state index in [0.29, 0.717) is 18.9 Å². The van der Waals surface area contributed by atoms with Crippen molar-refractivity contribution in [2.45, 2.75) is 26.2 Å². The van der Waals surface area contributed by atoms with Crippen molar-refractivity contribution < 1.29 is 14.3 Å². The third-order valence-corrected chi connectivity index (χ3v) is 3.16. The minimum absolute atomic E-state index is 0.190. The molecule has 4 heteroatoms. The van der Waals surface area contributed by atoms with Crippen LogP contribution >= 0.6 is 0 Å². The van der Waals surface area contributed by atoms with Crippen LogP contribution in [-0.4, -0.2) is 33.8 Å². The second kappa shape index (κ2) is 7.02. The lowest BCUT2D eigenvalue weighted by atomic mass is 10.0. The van der Waals surface area contributed by atoms with E-state index in [1.165, 1.54) is 12.7 Å². The van der Waals surface area contributed by atoms with Gasteiger partial charge in [0.05, 0.1) is 20.6 Å². The lowest BCUT2D eigenvalue weighted by Gasteiger charge is -2.21. The molecular weight excluding hydrogens is 242 g/mol. The highest BCUT2D eigenvalue weighted by Crippen LogP contribution is 2.30. The van der Waals surface area contributed by atoms with Crippen LogP contribution in [0, 0.1) is 0 Å². The largest absolute Gasteiger partial charge is 0.496 e. The fourth-order valence-corrected chi connectivity index (χ4v) is 1.90. The van der Waals surface area contributed by atoms with Crippen LogP contribution in [0.2, 0.25) is 0 Å². The fraction of sp³-hybridized carbons (Fsp3) is 0.533. The molecule has 0 heterocycles. The first-order valence-corrected chi connectivity index (χ1v) is 6.45. The molecule has 0 bridgehead atoms. The number of hydrogen-bond donors (Lipinski definition) is 0. The van der Waals surface area contributed by atoms with Crippen molar-refractivity contribution in [3.63, 3.8) is 0 Å². The molecule has 4 nitrogen and oxygen atoms in total. The van der Waals surface area contributed by atoms with Gasteiger partial charge in [-0.1, -0.05) is 13.8 Å². The number of anilines is 1. The summed E-state index contributed by atoms with van der Waals surface area (Å²) in [7, 11) is 5.06. The van der Waals surface area contributed by atoms with Crippen molar-refractivity contribution in [3.8, 4) is 5.75 Å². The number of esters is 1. The lowest BCUT2D eigenvalue weighted by Crippen LogP contribution is -2.21. The molecule has 0 spiro atoms. The van der Waals surface area contributed by atoms with E-state index in [-0.39, 0.29) is 5.97 Å². The summed E-state index contributed by atoms with van der Waals surface area (Å²) in [6, 6.07) is 6.09. The molecule has 19 heavy (non-hydrogen) atoms. The zero-order chi connectivity index (χ0) is 14.4. The second-order valence-corrected chi connectivity index (χ2v) is 4.83. The van der Waals surface area contributed by atoms with Crippen LogP contribution < -0.4 is 9.64 Å². The first-order chi connectivity index (χ1) is 8.99.